The first kappa shape index (κ1) is 16.1. The van der Waals surface area contributed by atoms with Gasteiger partial charge in [0.1, 0.15) is 5.65 Å². The fraction of sp³-hybridized carbons (Fsp3) is 0.350. The number of benzene rings is 1. The van der Waals surface area contributed by atoms with Crippen molar-refractivity contribution in [2.75, 3.05) is 31.1 Å². The Morgan fingerprint density at radius 1 is 0.960 bits per heavy atom. The van der Waals surface area contributed by atoms with E-state index < -0.39 is 0 Å². The lowest BCUT2D eigenvalue weighted by Gasteiger charge is -2.35. The lowest BCUT2D eigenvalue weighted by molar-refractivity contribution is 0.247. The van der Waals surface area contributed by atoms with Gasteiger partial charge in [-0.1, -0.05) is 18.2 Å². The summed E-state index contributed by atoms with van der Waals surface area (Å²) < 4.78 is 2.12. The monoisotopic (exact) mass is 335 g/mol. The number of imidazole rings is 1. The maximum Gasteiger partial charge on any atom is 0.137 e. The van der Waals surface area contributed by atoms with Crippen molar-refractivity contribution < 1.29 is 0 Å². The summed E-state index contributed by atoms with van der Waals surface area (Å²) in [6.45, 7) is 7.85. The molecule has 0 amide bonds. The van der Waals surface area contributed by atoms with Crippen molar-refractivity contribution in [3.8, 4) is 0 Å². The van der Waals surface area contributed by atoms with Gasteiger partial charge >= 0.3 is 0 Å². The Labute approximate surface area is 148 Å². The lowest BCUT2D eigenvalue weighted by Crippen LogP contribution is -2.46. The van der Waals surface area contributed by atoms with Crippen molar-refractivity contribution in [3.63, 3.8) is 0 Å². The first-order valence-electron chi connectivity index (χ1n) is 8.92. The van der Waals surface area contributed by atoms with Crippen molar-refractivity contribution in [1.82, 2.24) is 14.3 Å². The molecule has 0 aliphatic carbocycles. The van der Waals surface area contributed by atoms with Crippen LogP contribution in [-0.4, -0.2) is 40.5 Å². The number of aromatic nitrogens is 2. The molecule has 1 aliphatic heterocycles. The van der Waals surface area contributed by atoms with Gasteiger partial charge in [0, 0.05) is 57.3 Å². The summed E-state index contributed by atoms with van der Waals surface area (Å²) >= 11 is 0. The minimum absolute atomic E-state index is 0.604. The van der Waals surface area contributed by atoms with Crippen molar-refractivity contribution in [2.45, 2.75) is 20.0 Å². The molecule has 1 saturated heterocycles. The Morgan fingerprint density at radius 3 is 2.44 bits per heavy atom. The molecule has 5 heteroatoms. The maximum absolute atomic E-state index is 5.68. The van der Waals surface area contributed by atoms with Crippen LogP contribution in [0.2, 0.25) is 0 Å². The highest BCUT2D eigenvalue weighted by molar-refractivity contribution is 5.48. The fourth-order valence-electron chi connectivity index (χ4n) is 3.47. The molecule has 2 N–H and O–H groups in total. The molecule has 0 saturated carbocycles. The molecule has 4 rings (SSSR count). The number of nitrogens with two attached hydrogens (primary N) is 1. The number of nitrogens with zero attached hydrogens (tertiary/aromatic N) is 4. The van der Waals surface area contributed by atoms with Crippen LogP contribution in [0.25, 0.3) is 5.65 Å². The summed E-state index contributed by atoms with van der Waals surface area (Å²) in [6, 6.07) is 12.8. The van der Waals surface area contributed by atoms with Crippen LogP contribution in [-0.2, 0) is 13.1 Å². The molecule has 3 heterocycles. The summed E-state index contributed by atoms with van der Waals surface area (Å²) in [4.78, 5) is 9.67. The van der Waals surface area contributed by atoms with Crippen LogP contribution < -0.4 is 10.6 Å². The highest BCUT2D eigenvalue weighted by Crippen LogP contribution is 2.18. The number of fused-ring (bicyclic) bond motifs is 1. The molecule has 2 aromatic heterocycles. The second-order valence-corrected chi connectivity index (χ2v) is 6.84. The largest absolute Gasteiger partial charge is 0.369 e. The molecule has 5 nitrogen and oxygen atoms in total. The van der Waals surface area contributed by atoms with E-state index in [2.05, 4.69) is 69.9 Å². The minimum Gasteiger partial charge on any atom is -0.369 e. The first-order chi connectivity index (χ1) is 12.2. The van der Waals surface area contributed by atoms with Gasteiger partial charge in [0.25, 0.3) is 0 Å². The van der Waals surface area contributed by atoms with Gasteiger partial charge in [0.2, 0.25) is 0 Å². The molecule has 1 fully saturated rings. The van der Waals surface area contributed by atoms with E-state index >= 15 is 0 Å². The van der Waals surface area contributed by atoms with Gasteiger partial charge < -0.3 is 15.0 Å². The van der Waals surface area contributed by atoms with Gasteiger partial charge in [-0.3, -0.25) is 4.90 Å². The summed E-state index contributed by atoms with van der Waals surface area (Å²) in [5.74, 6) is 0. The Bertz CT molecular complexity index is 844. The van der Waals surface area contributed by atoms with Crippen molar-refractivity contribution >= 4 is 11.3 Å². The molecule has 130 valence electrons. The molecular weight excluding hydrogens is 310 g/mol. The Balaban J connectivity index is 1.37. The van der Waals surface area contributed by atoms with E-state index in [0.29, 0.717) is 6.54 Å². The van der Waals surface area contributed by atoms with E-state index in [-0.39, 0.29) is 0 Å². The van der Waals surface area contributed by atoms with Gasteiger partial charge in [-0.15, -0.1) is 0 Å². The third kappa shape index (κ3) is 3.52. The smallest absolute Gasteiger partial charge is 0.137 e. The Morgan fingerprint density at radius 2 is 1.72 bits per heavy atom. The molecule has 3 aromatic rings. The number of hydrogen-bond donors (Lipinski definition) is 1. The van der Waals surface area contributed by atoms with Gasteiger partial charge in [0.15, 0.2) is 0 Å². The molecule has 1 aliphatic rings. The summed E-state index contributed by atoms with van der Waals surface area (Å²) in [5.41, 5.74) is 11.6. The molecule has 1 aromatic carbocycles. The number of aryl methyl sites for hydroxylation is 1. The molecular formula is C20H25N5. The summed E-state index contributed by atoms with van der Waals surface area (Å²) in [5, 5.41) is 0. The van der Waals surface area contributed by atoms with Crippen LogP contribution in [0.5, 0.6) is 0 Å². The highest BCUT2D eigenvalue weighted by atomic mass is 15.3. The van der Waals surface area contributed by atoms with E-state index in [1.54, 1.807) is 0 Å². The average Bonchev–Trinajstić information content (AvgIpc) is 3.04. The number of rotatable bonds is 4. The zero-order chi connectivity index (χ0) is 17.2. The predicted molar refractivity (Wildman–Crippen MR) is 102 cm³/mol. The topological polar surface area (TPSA) is 49.8 Å². The van der Waals surface area contributed by atoms with Crippen LogP contribution in [0.1, 0.15) is 16.8 Å². The Kier molecular flexibility index (Phi) is 4.42. The molecule has 25 heavy (non-hydrogen) atoms. The van der Waals surface area contributed by atoms with E-state index in [9.17, 15) is 0 Å². The molecule has 0 radical (unpaired) electrons. The zero-order valence-corrected chi connectivity index (χ0v) is 14.7. The fourth-order valence-corrected chi connectivity index (χ4v) is 3.47. The third-order valence-electron chi connectivity index (χ3n) is 4.94. The predicted octanol–water partition coefficient (Wildman–Crippen LogP) is 2.42. The van der Waals surface area contributed by atoms with Crippen LogP contribution in [0.4, 0.5) is 5.69 Å². The second kappa shape index (κ2) is 6.86. The number of pyridine rings is 1. The quantitative estimate of drug-likeness (QED) is 0.795. The lowest BCUT2D eigenvalue weighted by atomic mass is 10.2. The summed E-state index contributed by atoms with van der Waals surface area (Å²) in [6.07, 6.45) is 4.29. The van der Waals surface area contributed by atoms with Crippen molar-refractivity contribution in [3.05, 3.63) is 65.6 Å². The van der Waals surface area contributed by atoms with Gasteiger partial charge in [-0.25, -0.2) is 4.98 Å². The number of hydrogen-bond acceptors (Lipinski definition) is 4. The van der Waals surface area contributed by atoms with Gasteiger partial charge in [-0.05, 0) is 36.2 Å². The van der Waals surface area contributed by atoms with Gasteiger partial charge in [0.05, 0.1) is 5.69 Å². The zero-order valence-electron chi connectivity index (χ0n) is 14.7. The van der Waals surface area contributed by atoms with Crippen LogP contribution in [0, 0.1) is 6.92 Å². The maximum atomic E-state index is 5.68. The minimum atomic E-state index is 0.604. The van der Waals surface area contributed by atoms with E-state index in [1.165, 1.54) is 16.8 Å². The van der Waals surface area contributed by atoms with Crippen LogP contribution in [0.15, 0.2) is 48.8 Å². The van der Waals surface area contributed by atoms with Crippen LogP contribution in [0.3, 0.4) is 0 Å². The molecule has 0 unspecified atom stereocenters. The normalized spacial score (nSPS) is 15.8. The number of anilines is 1. The SMILES string of the molecule is Cc1ccc2nc(CN3CCN(c4ccc(CN)cc4)CC3)cn2c1. The van der Waals surface area contributed by atoms with Gasteiger partial charge in [-0.2, -0.15) is 0 Å². The van der Waals surface area contributed by atoms with Crippen molar-refractivity contribution in [1.29, 1.82) is 0 Å². The third-order valence-corrected chi connectivity index (χ3v) is 4.94. The highest BCUT2D eigenvalue weighted by Gasteiger charge is 2.18. The van der Waals surface area contributed by atoms with E-state index in [4.69, 9.17) is 10.7 Å². The molecule has 0 bridgehead atoms. The molecule has 0 atom stereocenters. The first-order valence-corrected chi connectivity index (χ1v) is 8.92. The van der Waals surface area contributed by atoms with Crippen molar-refractivity contribution in [2.24, 2.45) is 5.73 Å². The molecule has 0 spiro atoms. The number of piperazine rings is 1. The summed E-state index contributed by atoms with van der Waals surface area (Å²) in [7, 11) is 0. The average molecular weight is 335 g/mol. The van der Waals surface area contributed by atoms with E-state index in [0.717, 1.165) is 44.1 Å². The van der Waals surface area contributed by atoms with Crippen LogP contribution >= 0.6 is 0 Å². The van der Waals surface area contributed by atoms with E-state index in [1.807, 2.05) is 0 Å². The Hall–Kier alpha value is -2.37. The second-order valence-electron chi connectivity index (χ2n) is 6.84. The standard InChI is InChI=1S/C20H25N5/c1-16-2-7-20-22-18(15-25(20)13-16)14-23-8-10-24(11-9-23)19-5-3-17(12-21)4-6-19/h2-7,13,15H,8-12,14,21H2,1H3.